The number of carbonyl (C=O) groups excluding carboxylic acids is 2. The van der Waals surface area contributed by atoms with Gasteiger partial charge in [0.15, 0.2) is 10.8 Å². The number of hydrogen-bond donors (Lipinski definition) is 2. The standard InChI is InChI=1S/C23H20N6O3S/c1-14(30)25-15-7-9-16(10-8-15)26-20(31)11-18-13-33-23-27-21-19(22(32)28(18)23)12-24-29(21)17-5-3-2-4-6-17/h2-10,12,18H,11,13H2,1H3,(H,25,30)(H,26,31). The van der Waals surface area contributed by atoms with Crippen LogP contribution in [0, 0.1) is 0 Å². The van der Waals surface area contributed by atoms with Gasteiger partial charge in [-0.1, -0.05) is 30.0 Å². The van der Waals surface area contributed by atoms with Crippen LogP contribution in [-0.2, 0) is 9.59 Å². The molecule has 3 heterocycles. The minimum Gasteiger partial charge on any atom is -0.326 e. The average molecular weight is 461 g/mol. The van der Waals surface area contributed by atoms with Gasteiger partial charge in [0.1, 0.15) is 5.39 Å². The van der Waals surface area contributed by atoms with Gasteiger partial charge in [0.25, 0.3) is 5.56 Å². The lowest BCUT2D eigenvalue weighted by Gasteiger charge is -2.14. The number of rotatable bonds is 5. The number of carbonyl (C=O) groups is 2. The molecule has 0 aliphatic carbocycles. The summed E-state index contributed by atoms with van der Waals surface area (Å²) in [6, 6.07) is 16.1. The maximum atomic E-state index is 13.2. The largest absolute Gasteiger partial charge is 0.326 e. The van der Waals surface area contributed by atoms with Crippen molar-refractivity contribution in [3.63, 3.8) is 0 Å². The molecule has 2 amide bonds. The zero-order valence-electron chi connectivity index (χ0n) is 17.7. The first-order chi connectivity index (χ1) is 16.0. The molecule has 1 atom stereocenters. The number of anilines is 2. The number of fused-ring (bicyclic) bond motifs is 2. The molecule has 9 nitrogen and oxygen atoms in total. The lowest BCUT2D eigenvalue weighted by Crippen LogP contribution is -2.27. The quantitative estimate of drug-likeness (QED) is 0.443. The van der Waals surface area contributed by atoms with Crippen molar-refractivity contribution in [3.05, 3.63) is 71.1 Å². The summed E-state index contributed by atoms with van der Waals surface area (Å²) in [6.07, 6.45) is 1.68. The number of aromatic nitrogens is 4. The molecule has 0 fully saturated rings. The number of thioether (sulfide) groups is 1. The highest BCUT2D eigenvalue weighted by molar-refractivity contribution is 7.99. The van der Waals surface area contributed by atoms with Crippen LogP contribution >= 0.6 is 11.8 Å². The Hall–Kier alpha value is -3.92. The first kappa shape index (κ1) is 21.0. The highest BCUT2D eigenvalue weighted by Gasteiger charge is 2.29. The van der Waals surface area contributed by atoms with E-state index in [1.165, 1.54) is 24.9 Å². The molecule has 0 spiro atoms. The first-order valence-electron chi connectivity index (χ1n) is 10.4. The molecule has 33 heavy (non-hydrogen) atoms. The maximum absolute atomic E-state index is 13.2. The topological polar surface area (TPSA) is 111 Å². The molecule has 1 aliphatic rings. The molecule has 2 aromatic heterocycles. The van der Waals surface area contributed by atoms with Crippen molar-refractivity contribution in [1.82, 2.24) is 19.3 Å². The van der Waals surface area contributed by atoms with Gasteiger partial charge < -0.3 is 10.6 Å². The summed E-state index contributed by atoms with van der Waals surface area (Å²) in [4.78, 5) is 41.7. The van der Waals surface area contributed by atoms with Gasteiger partial charge in [0.2, 0.25) is 11.8 Å². The van der Waals surface area contributed by atoms with Crippen LogP contribution in [0.3, 0.4) is 0 Å². The van der Waals surface area contributed by atoms with Gasteiger partial charge in [-0.15, -0.1) is 0 Å². The summed E-state index contributed by atoms with van der Waals surface area (Å²) in [5.74, 6) is 0.224. The monoisotopic (exact) mass is 460 g/mol. The predicted molar refractivity (Wildman–Crippen MR) is 127 cm³/mol. The normalized spacial score (nSPS) is 14.8. The van der Waals surface area contributed by atoms with Crippen LogP contribution in [0.15, 0.2) is 70.7 Å². The molecule has 0 radical (unpaired) electrons. The molecule has 2 N–H and O–H groups in total. The number of hydrogen-bond acceptors (Lipinski definition) is 6. The van der Waals surface area contributed by atoms with Gasteiger partial charge in [-0.05, 0) is 36.4 Å². The molecule has 0 bridgehead atoms. The fourth-order valence-corrected chi connectivity index (χ4v) is 4.94. The third-order valence-corrected chi connectivity index (χ3v) is 6.38. The van der Waals surface area contributed by atoms with E-state index in [1.54, 1.807) is 33.5 Å². The van der Waals surface area contributed by atoms with Crippen LogP contribution in [0.25, 0.3) is 16.7 Å². The molecule has 10 heteroatoms. The van der Waals surface area contributed by atoms with Gasteiger partial charge >= 0.3 is 0 Å². The number of nitrogens with zero attached hydrogens (tertiary/aromatic N) is 4. The van der Waals surface area contributed by atoms with Crippen LogP contribution < -0.4 is 16.2 Å². The lowest BCUT2D eigenvalue weighted by atomic mass is 10.2. The Balaban J connectivity index is 1.36. The smallest absolute Gasteiger partial charge is 0.265 e. The third-order valence-electron chi connectivity index (χ3n) is 5.28. The van der Waals surface area contributed by atoms with E-state index in [4.69, 9.17) is 0 Å². The van der Waals surface area contributed by atoms with E-state index in [-0.39, 0.29) is 29.8 Å². The van der Waals surface area contributed by atoms with Crippen LogP contribution in [0.4, 0.5) is 11.4 Å². The highest BCUT2D eigenvalue weighted by atomic mass is 32.2. The second kappa shape index (κ2) is 8.55. The third kappa shape index (κ3) is 4.12. The van der Waals surface area contributed by atoms with E-state index in [1.807, 2.05) is 30.3 Å². The Morgan fingerprint density at radius 1 is 1.06 bits per heavy atom. The van der Waals surface area contributed by atoms with Crippen molar-refractivity contribution in [3.8, 4) is 5.69 Å². The molecule has 0 saturated carbocycles. The van der Waals surface area contributed by atoms with E-state index in [9.17, 15) is 14.4 Å². The van der Waals surface area contributed by atoms with Crippen molar-refractivity contribution in [2.24, 2.45) is 0 Å². The van der Waals surface area contributed by atoms with E-state index < -0.39 is 0 Å². The Bertz CT molecular complexity index is 1410. The minimum absolute atomic E-state index is 0.146. The Morgan fingerprint density at radius 2 is 1.76 bits per heavy atom. The van der Waals surface area contributed by atoms with Crippen molar-refractivity contribution < 1.29 is 9.59 Å². The van der Waals surface area contributed by atoms with Crippen LogP contribution in [0.2, 0.25) is 0 Å². The second-order valence-corrected chi connectivity index (χ2v) is 8.66. The molecule has 2 aromatic carbocycles. The number of para-hydroxylation sites is 1. The minimum atomic E-state index is -0.298. The van der Waals surface area contributed by atoms with Crippen molar-refractivity contribution in [2.75, 3.05) is 16.4 Å². The van der Waals surface area contributed by atoms with E-state index in [2.05, 4.69) is 20.7 Å². The molecule has 4 aromatic rings. The van der Waals surface area contributed by atoms with Crippen LogP contribution in [0.5, 0.6) is 0 Å². The number of nitrogens with one attached hydrogen (secondary N) is 2. The SMILES string of the molecule is CC(=O)Nc1ccc(NC(=O)CC2CSc3nc4c(cnn4-c4ccccc4)c(=O)n32)cc1. The molecule has 0 saturated heterocycles. The Morgan fingerprint density at radius 3 is 2.45 bits per heavy atom. The van der Waals surface area contributed by atoms with E-state index in [0.717, 1.165) is 5.69 Å². The van der Waals surface area contributed by atoms with Crippen molar-refractivity contribution in [2.45, 2.75) is 24.5 Å². The first-order valence-corrected chi connectivity index (χ1v) is 11.3. The number of amides is 2. The highest BCUT2D eigenvalue weighted by Crippen LogP contribution is 2.33. The summed E-state index contributed by atoms with van der Waals surface area (Å²) < 4.78 is 3.26. The summed E-state index contributed by atoms with van der Waals surface area (Å²) in [5, 5.41) is 10.9. The second-order valence-electron chi connectivity index (χ2n) is 7.67. The zero-order valence-corrected chi connectivity index (χ0v) is 18.5. The van der Waals surface area contributed by atoms with Gasteiger partial charge in [-0.25, -0.2) is 9.67 Å². The fraction of sp³-hybridized carbons (Fsp3) is 0.174. The predicted octanol–water partition coefficient (Wildman–Crippen LogP) is 3.22. The number of benzene rings is 2. The van der Waals surface area contributed by atoms with E-state index in [0.29, 0.717) is 33.3 Å². The van der Waals surface area contributed by atoms with Gasteiger partial charge in [0, 0.05) is 30.5 Å². The Labute approximate surface area is 192 Å². The summed E-state index contributed by atoms with van der Waals surface area (Å²) >= 11 is 1.46. The molecule has 5 rings (SSSR count). The molecule has 166 valence electrons. The van der Waals surface area contributed by atoms with Crippen molar-refractivity contribution in [1.29, 1.82) is 0 Å². The summed E-state index contributed by atoms with van der Waals surface area (Å²) in [7, 11) is 0. The molecular formula is C23H20N6O3S. The maximum Gasteiger partial charge on any atom is 0.265 e. The summed E-state index contributed by atoms with van der Waals surface area (Å²) in [5.41, 5.74) is 2.41. The molecule has 1 unspecified atom stereocenters. The van der Waals surface area contributed by atoms with Gasteiger partial charge in [-0.3, -0.25) is 19.0 Å². The Kier molecular flexibility index (Phi) is 5.43. The van der Waals surface area contributed by atoms with Gasteiger partial charge in [-0.2, -0.15) is 5.10 Å². The van der Waals surface area contributed by atoms with Gasteiger partial charge in [0.05, 0.1) is 17.9 Å². The van der Waals surface area contributed by atoms with Crippen molar-refractivity contribution >= 4 is 46.0 Å². The van der Waals surface area contributed by atoms with Crippen LogP contribution in [-0.4, -0.2) is 36.9 Å². The lowest BCUT2D eigenvalue weighted by molar-refractivity contribution is -0.117. The summed E-state index contributed by atoms with van der Waals surface area (Å²) in [6.45, 7) is 1.43. The molecular weight excluding hydrogens is 440 g/mol. The molecule has 1 aliphatic heterocycles. The van der Waals surface area contributed by atoms with Crippen LogP contribution in [0.1, 0.15) is 19.4 Å². The van der Waals surface area contributed by atoms with E-state index >= 15 is 0 Å². The fourth-order valence-electron chi connectivity index (χ4n) is 3.81. The average Bonchev–Trinajstić information content (AvgIpc) is 3.40. The zero-order chi connectivity index (χ0) is 22.9.